The summed E-state index contributed by atoms with van der Waals surface area (Å²) in [5, 5.41) is 19.0. The quantitative estimate of drug-likeness (QED) is 0.271. The van der Waals surface area contributed by atoms with Crippen LogP contribution in [0.25, 0.3) is 0 Å². The number of nitrogens with one attached hydrogen (secondary N) is 2. The zero-order valence-electron chi connectivity index (χ0n) is 14.3. The predicted molar refractivity (Wildman–Crippen MR) is 108 cm³/mol. The first-order valence-electron chi connectivity index (χ1n) is 7.57. The lowest BCUT2D eigenvalue weighted by molar-refractivity contribution is 0.195. The molecule has 2 N–H and O–H groups in total. The van der Waals surface area contributed by atoms with Crippen molar-refractivity contribution < 1.29 is 4.74 Å². The topological polar surface area (TPSA) is 76.4 Å². The molecule has 0 aliphatic rings. The first-order valence-corrected chi connectivity index (χ1v) is 8.52. The van der Waals surface area contributed by atoms with Crippen LogP contribution in [0.1, 0.15) is 23.6 Å². The van der Waals surface area contributed by atoms with Crippen molar-refractivity contribution in [2.24, 2.45) is 12.0 Å². The molecule has 0 aliphatic carbocycles. The van der Waals surface area contributed by atoms with Crippen LogP contribution in [-0.2, 0) is 24.9 Å². The Balaban J connectivity index is 0.00000288. The van der Waals surface area contributed by atoms with Crippen LogP contribution in [0, 0.1) is 6.92 Å². The molecule has 24 heavy (non-hydrogen) atoms. The molecule has 2 rings (SSSR count). The number of aryl methyl sites for hydroxylation is 1. The molecule has 0 aliphatic heterocycles. The van der Waals surface area contributed by atoms with Crippen LogP contribution < -0.4 is 10.6 Å². The summed E-state index contributed by atoms with van der Waals surface area (Å²) in [5.74, 6) is 2.55. The molecule has 2 heterocycles. The summed E-state index contributed by atoms with van der Waals surface area (Å²) in [5.41, 5.74) is 1.21. The molecule has 0 saturated heterocycles. The van der Waals surface area contributed by atoms with E-state index in [-0.39, 0.29) is 24.0 Å². The summed E-state index contributed by atoms with van der Waals surface area (Å²) in [6.07, 6.45) is 0.929. The smallest absolute Gasteiger partial charge is 0.191 e. The van der Waals surface area contributed by atoms with E-state index in [1.807, 2.05) is 18.5 Å². The minimum Gasteiger partial charge on any atom is -0.385 e. The van der Waals surface area contributed by atoms with Crippen LogP contribution >= 0.6 is 35.3 Å². The van der Waals surface area contributed by atoms with E-state index in [4.69, 9.17) is 4.74 Å². The van der Waals surface area contributed by atoms with E-state index >= 15 is 0 Å². The van der Waals surface area contributed by atoms with Crippen molar-refractivity contribution in [2.45, 2.75) is 26.4 Å². The molecule has 0 amide bonds. The molecule has 0 atom stereocenters. The lowest BCUT2D eigenvalue weighted by Crippen LogP contribution is -2.38. The largest absolute Gasteiger partial charge is 0.385 e. The Kier molecular flexibility index (Phi) is 9.88. The highest BCUT2D eigenvalue weighted by atomic mass is 127. The second-order valence-corrected chi connectivity index (χ2v) is 5.93. The van der Waals surface area contributed by atoms with Gasteiger partial charge in [-0.05, 0) is 35.7 Å². The first-order chi connectivity index (χ1) is 11.2. The van der Waals surface area contributed by atoms with Crippen LogP contribution in [0.5, 0.6) is 0 Å². The Morgan fingerprint density at radius 2 is 2.21 bits per heavy atom. The number of hydrogen-bond donors (Lipinski definition) is 2. The minimum atomic E-state index is 0. The fraction of sp³-hybridized carbons (Fsp3) is 0.533. The SMILES string of the molecule is COCCCNC(=NCc1ccsc1)NCc1nnc(C)n1C.I. The van der Waals surface area contributed by atoms with Gasteiger partial charge in [0.2, 0.25) is 0 Å². The van der Waals surface area contributed by atoms with E-state index in [2.05, 4.69) is 42.6 Å². The number of aromatic nitrogens is 3. The molecule has 0 bridgehead atoms. The van der Waals surface area contributed by atoms with Crippen molar-refractivity contribution in [3.8, 4) is 0 Å². The second kappa shape index (κ2) is 11.4. The molecule has 7 nitrogen and oxygen atoms in total. The molecule has 0 unspecified atom stereocenters. The minimum absolute atomic E-state index is 0. The number of thiophene rings is 1. The third-order valence-electron chi connectivity index (χ3n) is 3.41. The molecule has 0 radical (unpaired) electrons. The molecule has 2 aromatic heterocycles. The number of aliphatic imine (C=N–C) groups is 1. The Labute approximate surface area is 163 Å². The number of halogens is 1. The van der Waals surface area contributed by atoms with Crippen LogP contribution in [0.4, 0.5) is 0 Å². The average molecular weight is 464 g/mol. The summed E-state index contributed by atoms with van der Waals surface area (Å²) in [6.45, 7) is 4.71. The highest BCUT2D eigenvalue weighted by Gasteiger charge is 2.06. The molecule has 0 fully saturated rings. The monoisotopic (exact) mass is 464 g/mol. The first kappa shape index (κ1) is 20.8. The standard InChI is InChI=1S/C15H24N6OS.HI/c1-12-19-20-14(21(12)2)10-18-15(16-6-4-7-22-3)17-9-13-5-8-23-11-13;/h5,8,11H,4,6-7,9-10H2,1-3H3,(H2,16,17,18);1H. The molecule has 134 valence electrons. The van der Waals surface area contributed by atoms with Gasteiger partial charge in [-0.25, -0.2) is 4.99 Å². The van der Waals surface area contributed by atoms with E-state index in [0.29, 0.717) is 13.1 Å². The highest BCUT2D eigenvalue weighted by molar-refractivity contribution is 14.0. The maximum absolute atomic E-state index is 5.07. The summed E-state index contributed by atoms with van der Waals surface area (Å²) in [7, 11) is 3.67. The zero-order valence-corrected chi connectivity index (χ0v) is 17.4. The maximum Gasteiger partial charge on any atom is 0.191 e. The van der Waals surface area contributed by atoms with Gasteiger partial charge in [0.15, 0.2) is 11.8 Å². The van der Waals surface area contributed by atoms with E-state index in [0.717, 1.165) is 37.2 Å². The zero-order chi connectivity index (χ0) is 16.5. The van der Waals surface area contributed by atoms with Gasteiger partial charge >= 0.3 is 0 Å². The number of rotatable bonds is 8. The average Bonchev–Trinajstić information content (AvgIpc) is 3.18. The molecule has 0 spiro atoms. The lowest BCUT2D eigenvalue weighted by atomic mass is 10.3. The van der Waals surface area contributed by atoms with Gasteiger partial charge in [0.25, 0.3) is 0 Å². The molecular formula is C15H25IN6OS. The van der Waals surface area contributed by atoms with Gasteiger partial charge < -0.3 is 19.9 Å². The van der Waals surface area contributed by atoms with Crippen molar-refractivity contribution in [3.63, 3.8) is 0 Å². The third kappa shape index (κ3) is 6.73. The Bertz CT molecular complexity index is 614. The van der Waals surface area contributed by atoms with Crippen LogP contribution in [-0.4, -0.2) is 41.0 Å². The van der Waals surface area contributed by atoms with Crippen LogP contribution in [0.3, 0.4) is 0 Å². The Hall–Kier alpha value is -1.20. The molecular weight excluding hydrogens is 439 g/mol. The van der Waals surface area contributed by atoms with Gasteiger partial charge in [0.05, 0.1) is 13.1 Å². The van der Waals surface area contributed by atoms with Gasteiger partial charge in [-0.2, -0.15) is 11.3 Å². The fourth-order valence-electron chi connectivity index (χ4n) is 1.92. The van der Waals surface area contributed by atoms with Crippen molar-refractivity contribution in [3.05, 3.63) is 34.0 Å². The molecule has 2 aromatic rings. The summed E-state index contributed by atoms with van der Waals surface area (Å²) in [6, 6.07) is 2.09. The third-order valence-corrected chi connectivity index (χ3v) is 4.15. The van der Waals surface area contributed by atoms with Crippen LogP contribution in [0.2, 0.25) is 0 Å². The van der Waals surface area contributed by atoms with E-state index < -0.39 is 0 Å². The predicted octanol–water partition coefficient (Wildman–Crippen LogP) is 2.07. The highest BCUT2D eigenvalue weighted by Crippen LogP contribution is 2.06. The number of hydrogen-bond acceptors (Lipinski definition) is 5. The molecule has 9 heteroatoms. The number of methoxy groups -OCH3 is 1. The van der Waals surface area contributed by atoms with E-state index in [1.54, 1.807) is 18.4 Å². The normalized spacial score (nSPS) is 11.2. The van der Waals surface area contributed by atoms with Crippen molar-refractivity contribution >= 4 is 41.3 Å². The summed E-state index contributed by atoms with van der Waals surface area (Å²) >= 11 is 1.68. The van der Waals surface area contributed by atoms with Gasteiger partial charge in [-0.15, -0.1) is 34.2 Å². The fourth-order valence-corrected chi connectivity index (χ4v) is 2.58. The van der Waals surface area contributed by atoms with Crippen molar-refractivity contribution in [1.82, 2.24) is 25.4 Å². The number of guanidine groups is 1. The maximum atomic E-state index is 5.07. The molecule has 0 aromatic carbocycles. The van der Waals surface area contributed by atoms with Crippen molar-refractivity contribution in [1.29, 1.82) is 0 Å². The second-order valence-electron chi connectivity index (χ2n) is 5.15. The van der Waals surface area contributed by atoms with Crippen molar-refractivity contribution in [2.75, 3.05) is 20.3 Å². The summed E-state index contributed by atoms with van der Waals surface area (Å²) < 4.78 is 7.04. The number of nitrogens with zero attached hydrogens (tertiary/aromatic N) is 4. The Morgan fingerprint density at radius 1 is 1.38 bits per heavy atom. The van der Waals surface area contributed by atoms with E-state index in [9.17, 15) is 0 Å². The Morgan fingerprint density at radius 3 is 2.83 bits per heavy atom. The van der Waals surface area contributed by atoms with Crippen LogP contribution in [0.15, 0.2) is 21.8 Å². The lowest BCUT2D eigenvalue weighted by Gasteiger charge is -2.12. The number of ether oxygens (including phenoxy) is 1. The molecule has 0 saturated carbocycles. The van der Waals surface area contributed by atoms with Gasteiger partial charge in [0.1, 0.15) is 5.82 Å². The van der Waals surface area contributed by atoms with E-state index in [1.165, 1.54) is 5.56 Å². The summed E-state index contributed by atoms with van der Waals surface area (Å²) in [4.78, 5) is 4.62. The van der Waals surface area contributed by atoms with Gasteiger partial charge in [-0.3, -0.25) is 0 Å². The van der Waals surface area contributed by atoms with Gasteiger partial charge in [-0.1, -0.05) is 0 Å². The van der Waals surface area contributed by atoms with Gasteiger partial charge in [0, 0.05) is 27.3 Å².